The van der Waals surface area contributed by atoms with E-state index in [-0.39, 0.29) is 18.6 Å². The van der Waals surface area contributed by atoms with Gasteiger partial charge in [-0.15, -0.1) is 0 Å². The first-order valence-electron chi connectivity index (χ1n) is 4.93. The molecule has 0 bridgehead atoms. The van der Waals surface area contributed by atoms with Crippen LogP contribution in [0.5, 0.6) is 0 Å². The standard InChI is InChI=1S/C10H21NO4/c1-9(7-14-3)11(5-6-13-2)10(12)8-15-4/h9H,5-8H2,1-4H3. The number of rotatable bonds is 8. The van der Waals surface area contributed by atoms with Gasteiger partial charge in [0.1, 0.15) is 6.61 Å². The second kappa shape index (κ2) is 8.64. The zero-order chi connectivity index (χ0) is 11.7. The minimum atomic E-state index is -0.0425. The van der Waals surface area contributed by atoms with Crippen molar-refractivity contribution in [3.63, 3.8) is 0 Å². The van der Waals surface area contributed by atoms with Crippen LogP contribution in [0.3, 0.4) is 0 Å². The van der Waals surface area contributed by atoms with Crippen LogP contribution in [0.2, 0.25) is 0 Å². The van der Waals surface area contributed by atoms with Crippen LogP contribution in [-0.4, -0.2) is 64.5 Å². The maximum absolute atomic E-state index is 11.7. The topological polar surface area (TPSA) is 48.0 Å². The Morgan fingerprint density at radius 2 is 1.87 bits per heavy atom. The van der Waals surface area contributed by atoms with Crippen molar-refractivity contribution >= 4 is 5.91 Å². The van der Waals surface area contributed by atoms with Gasteiger partial charge < -0.3 is 19.1 Å². The van der Waals surface area contributed by atoms with E-state index in [4.69, 9.17) is 14.2 Å². The minimum Gasteiger partial charge on any atom is -0.383 e. The third kappa shape index (κ3) is 5.71. The third-order valence-electron chi connectivity index (χ3n) is 2.06. The van der Waals surface area contributed by atoms with E-state index in [1.54, 1.807) is 19.1 Å². The Kier molecular flexibility index (Phi) is 8.27. The molecule has 0 aromatic rings. The van der Waals surface area contributed by atoms with Crippen LogP contribution in [0.15, 0.2) is 0 Å². The third-order valence-corrected chi connectivity index (χ3v) is 2.06. The fourth-order valence-corrected chi connectivity index (χ4v) is 1.32. The summed E-state index contributed by atoms with van der Waals surface area (Å²) in [6.07, 6.45) is 0. The van der Waals surface area contributed by atoms with Crippen molar-refractivity contribution in [2.24, 2.45) is 0 Å². The molecule has 1 unspecified atom stereocenters. The number of hydrogen-bond donors (Lipinski definition) is 0. The van der Waals surface area contributed by atoms with Gasteiger partial charge in [0.25, 0.3) is 0 Å². The monoisotopic (exact) mass is 219 g/mol. The molecule has 15 heavy (non-hydrogen) atoms. The molecule has 5 heteroatoms. The van der Waals surface area contributed by atoms with Gasteiger partial charge in [-0.05, 0) is 6.92 Å². The summed E-state index contributed by atoms with van der Waals surface area (Å²) in [5, 5.41) is 0. The highest BCUT2D eigenvalue weighted by Gasteiger charge is 2.19. The molecule has 1 amide bonds. The average Bonchev–Trinajstić information content (AvgIpc) is 2.19. The summed E-state index contributed by atoms with van der Waals surface area (Å²) in [4.78, 5) is 13.4. The Balaban J connectivity index is 4.21. The Bertz CT molecular complexity index is 175. The van der Waals surface area contributed by atoms with Gasteiger partial charge in [0.05, 0.1) is 19.3 Å². The second-order valence-corrected chi connectivity index (χ2v) is 3.32. The molecule has 90 valence electrons. The summed E-state index contributed by atoms with van der Waals surface area (Å²) in [5.74, 6) is -0.0425. The maximum Gasteiger partial charge on any atom is 0.248 e. The molecule has 0 heterocycles. The number of amides is 1. The lowest BCUT2D eigenvalue weighted by Crippen LogP contribution is -2.44. The molecule has 0 aliphatic rings. The molecule has 0 aromatic carbocycles. The van der Waals surface area contributed by atoms with Crippen LogP contribution in [0, 0.1) is 0 Å². The molecule has 0 saturated carbocycles. The Morgan fingerprint density at radius 3 is 2.33 bits per heavy atom. The lowest BCUT2D eigenvalue weighted by Gasteiger charge is -2.28. The second-order valence-electron chi connectivity index (χ2n) is 3.32. The molecule has 0 N–H and O–H groups in total. The summed E-state index contributed by atoms with van der Waals surface area (Å²) < 4.78 is 14.8. The highest BCUT2D eigenvalue weighted by atomic mass is 16.5. The number of hydrogen-bond acceptors (Lipinski definition) is 4. The van der Waals surface area contributed by atoms with Crippen molar-refractivity contribution in [2.45, 2.75) is 13.0 Å². The van der Waals surface area contributed by atoms with E-state index in [0.717, 1.165) is 0 Å². The van der Waals surface area contributed by atoms with Crippen LogP contribution in [0.1, 0.15) is 6.92 Å². The SMILES string of the molecule is COCCN(C(=O)COC)C(C)COC. The Labute approximate surface area is 91.3 Å². The van der Waals surface area contributed by atoms with Crippen LogP contribution in [0.4, 0.5) is 0 Å². The van der Waals surface area contributed by atoms with Gasteiger partial charge in [0.2, 0.25) is 5.91 Å². The van der Waals surface area contributed by atoms with Gasteiger partial charge >= 0.3 is 0 Å². The van der Waals surface area contributed by atoms with E-state index in [0.29, 0.717) is 19.8 Å². The van der Waals surface area contributed by atoms with Crippen molar-refractivity contribution in [3.05, 3.63) is 0 Å². The Hall–Kier alpha value is -0.650. The highest BCUT2D eigenvalue weighted by molar-refractivity contribution is 5.77. The molecule has 0 aromatic heterocycles. The van der Waals surface area contributed by atoms with Crippen LogP contribution >= 0.6 is 0 Å². The van der Waals surface area contributed by atoms with E-state index in [1.807, 2.05) is 6.92 Å². The van der Waals surface area contributed by atoms with Crippen molar-refractivity contribution < 1.29 is 19.0 Å². The average molecular weight is 219 g/mol. The number of nitrogens with zero attached hydrogens (tertiary/aromatic N) is 1. The minimum absolute atomic E-state index is 0.0350. The lowest BCUT2D eigenvalue weighted by molar-refractivity contribution is -0.139. The van der Waals surface area contributed by atoms with E-state index in [9.17, 15) is 4.79 Å². The molecule has 1 atom stereocenters. The number of carbonyl (C=O) groups excluding carboxylic acids is 1. The van der Waals surface area contributed by atoms with Gasteiger partial charge in [0.15, 0.2) is 0 Å². The molecular formula is C10H21NO4. The predicted molar refractivity (Wildman–Crippen MR) is 56.8 cm³/mol. The fraction of sp³-hybridized carbons (Fsp3) is 0.900. The van der Waals surface area contributed by atoms with Gasteiger partial charge in [-0.1, -0.05) is 0 Å². The van der Waals surface area contributed by atoms with Crippen molar-refractivity contribution in [2.75, 3.05) is 47.7 Å². The quantitative estimate of drug-likeness (QED) is 0.583. The number of carbonyl (C=O) groups is 1. The van der Waals surface area contributed by atoms with Gasteiger partial charge in [-0.2, -0.15) is 0 Å². The zero-order valence-corrected chi connectivity index (χ0v) is 9.99. The van der Waals surface area contributed by atoms with E-state index < -0.39 is 0 Å². The molecule has 0 spiro atoms. The molecule has 0 aliphatic heterocycles. The first-order chi connectivity index (χ1) is 7.17. The summed E-state index contributed by atoms with van der Waals surface area (Å²) in [5.41, 5.74) is 0. The summed E-state index contributed by atoms with van der Waals surface area (Å²) >= 11 is 0. The van der Waals surface area contributed by atoms with Crippen molar-refractivity contribution in [1.82, 2.24) is 4.90 Å². The molecule has 0 radical (unpaired) electrons. The lowest BCUT2D eigenvalue weighted by atomic mass is 10.3. The molecule has 0 saturated heterocycles. The van der Waals surface area contributed by atoms with Gasteiger partial charge in [0, 0.05) is 27.9 Å². The number of methoxy groups -OCH3 is 3. The summed E-state index contributed by atoms with van der Waals surface area (Å²) in [6.45, 7) is 3.62. The Morgan fingerprint density at radius 1 is 1.20 bits per heavy atom. The largest absolute Gasteiger partial charge is 0.383 e. The van der Waals surface area contributed by atoms with Crippen molar-refractivity contribution in [3.8, 4) is 0 Å². The van der Waals surface area contributed by atoms with Crippen LogP contribution < -0.4 is 0 Å². The normalized spacial score (nSPS) is 12.5. The summed E-state index contributed by atoms with van der Waals surface area (Å²) in [6, 6.07) is 0.0350. The molecule has 0 aliphatic carbocycles. The van der Waals surface area contributed by atoms with Crippen molar-refractivity contribution in [1.29, 1.82) is 0 Å². The summed E-state index contributed by atoms with van der Waals surface area (Å²) in [7, 11) is 4.74. The first kappa shape index (κ1) is 14.3. The molecular weight excluding hydrogens is 198 g/mol. The van der Waals surface area contributed by atoms with E-state index in [1.165, 1.54) is 7.11 Å². The molecule has 0 rings (SSSR count). The van der Waals surface area contributed by atoms with E-state index in [2.05, 4.69) is 0 Å². The molecule has 5 nitrogen and oxygen atoms in total. The van der Waals surface area contributed by atoms with Crippen LogP contribution in [0.25, 0.3) is 0 Å². The predicted octanol–water partition coefficient (Wildman–Crippen LogP) is 0.143. The van der Waals surface area contributed by atoms with Gasteiger partial charge in [-0.3, -0.25) is 4.79 Å². The number of ether oxygens (including phenoxy) is 3. The first-order valence-corrected chi connectivity index (χ1v) is 4.93. The van der Waals surface area contributed by atoms with E-state index >= 15 is 0 Å². The zero-order valence-electron chi connectivity index (χ0n) is 9.99. The van der Waals surface area contributed by atoms with Crippen LogP contribution in [-0.2, 0) is 19.0 Å². The highest BCUT2D eigenvalue weighted by Crippen LogP contribution is 2.01. The molecule has 0 fully saturated rings. The maximum atomic E-state index is 11.7. The van der Waals surface area contributed by atoms with Gasteiger partial charge in [-0.25, -0.2) is 0 Å². The fourth-order valence-electron chi connectivity index (χ4n) is 1.32. The smallest absolute Gasteiger partial charge is 0.248 e.